The fourth-order valence-electron chi connectivity index (χ4n) is 2.74. The van der Waals surface area contributed by atoms with Gasteiger partial charge < -0.3 is 5.32 Å². The summed E-state index contributed by atoms with van der Waals surface area (Å²) in [6.07, 6.45) is 5.32. The molecule has 0 spiro atoms. The molecule has 2 rings (SSSR count). The van der Waals surface area contributed by atoms with E-state index in [0.717, 1.165) is 45.3 Å². The number of hydrogen-bond donors (Lipinski definition) is 1. The number of nitrogens with zero attached hydrogens (tertiary/aromatic N) is 1. The number of carbonyl (C=O) groups is 1. The fraction of sp³-hybridized carbons (Fsp3) is 0.909. The molecule has 0 aromatic heterocycles. The summed E-state index contributed by atoms with van der Waals surface area (Å²) in [5.41, 5.74) is 0. The zero-order chi connectivity index (χ0) is 10.7. The molecule has 0 aromatic rings. The molecule has 0 amide bonds. The van der Waals surface area contributed by atoms with Gasteiger partial charge in [-0.3, -0.25) is 9.46 Å². The second kappa shape index (κ2) is 5.38. The van der Waals surface area contributed by atoms with Gasteiger partial charge in [0.05, 0.1) is 0 Å². The minimum absolute atomic E-state index is 0.301. The van der Waals surface area contributed by atoms with Gasteiger partial charge in [-0.2, -0.15) is 0 Å². The Labute approximate surface area is 94.2 Å². The molecule has 2 aliphatic heterocycles. The fourth-order valence-corrected chi connectivity index (χ4v) is 3.10. The zero-order valence-corrected chi connectivity index (χ0v) is 10.4. The molecular weight excluding hydrogens is 207 g/mol. The summed E-state index contributed by atoms with van der Waals surface area (Å²) >= 11 is 0. The lowest BCUT2D eigenvalue weighted by Crippen LogP contribution is -2.46. The van der Waals surface area contributed by atoms with Gasteiger partial charge in [0.1, 0.15) is 5.78 Å². The number of carbonyl (C=O) groups excluding carboxylic acids is 1. The minimum Gasteiger partial charge on any atom is -0.313 e. The van der Waals surface area contributed by atoms with E-state index in [2.05, 4.69) is 19.4 Å². The van der Waals surface area contributed by atoms with Gasteiger partial charge in [-0.05, 0) is 25.7 Å². The van der Waals surface area contributed by atoms with E-state index in [4.69, 9.17) is 0 Å². The van der Waals surface area contributed by atoms with Crippen molar-refractivity contribution in [2.45, 2.75) is 38.1 Å². The number of piperidine rings is 1. The summed E-state index contributed by atoms with van der Waals surface area (Å²) in [7, 11) is 2.79. The maximum atomic E-state index is 11.8. The van der Waals surface area contributed by atoms with Gasteiger partial charge in [0.25, 0.3) is 0 Å². The number of rotatable bonds is 0. The van der Waals surface area contributed by atoms with Crippen molar-refractivity contribution in [2.24, 2.45) is 5.92 Å². The van der Waals surface area contributed by atoms with Crippen LogP contribution in [-0.4, -0.2) is 36.1 Å². The van der Waals surface area contributed by atoms with Crippen molar-refractivity contribution < 1.29 is 4.79 Å². The average molecular weight is 228 g/mol. The van der Waals surface area contributed by atoms with E-state index in [1.165, 1.54) is 6.42 Å². The first-order valence-electron chi connectivity index (χ1n) is 6.03. The Morgan fingerprint density at radius 2 is 2.00 bits per heavy atom. The summed E-state index contributed by atoms with van der Waals surface area (Å²) in [6.45, 7) is 3.15. The average Bonchev–Trinajstić information content (AvgIpc) is 2.29. The van der Waals surface area contributed by atoms with Gasteiger partial charge >= 0.3 is 0 Å². The number of ketones is 1. The first-order chi connectivity index (χ1) is 7.27. The SMILES string of the molecule is O=C1CCNC2CCCN(P)CCCC12. The predicted molar refractivity (Wildman–Crippen MR) is 64.7 cm³/mol. The molecule has 2 heterocycles. The van der Waals surface area contributed by atoms with E-state index < -0.39 is 0 Å². The van der Waals surface area contributed by atoms with E-state index in [-0.39, 0.29) is 0 Å². The predicted octanol–water partition coefficient (Wildman–Crippen LogP) is 1.20. The Bertz CT molecular complexity index is 235. The van der Waals surface area contributed by atoms with E-state index in [9.17, 15) is 4.79 Å². The Morgan fingerprint density at radius 3 is 2.80 bits per heavy atom. The highest BCUT2D eigenvalue weighted by molar-refractivity contribution is 7.13. The van der Waals surface area contributed by atoms with Crippen LogP contribution in [0.5, 0.6) is 0 Å². The van der Waals surface area contributed by atoms with Gasteiger partial charge in [0.2, 0.25) is 0 Å². The normalized spacial score (nSPS) is 35.1. The Hall–Kier alpha value is 0.0200. The molecule has 3 nitrogen and oxygen atoms in total. The molecule has 2 aliphatic rings. The van der Waals surface area contributed by atoms with Crippen LogP contribution in [0.15, 0.2) is 0 Å². The quantitative estimate of drug-likeness (QED) is 0.632. The molecule has 3 unspecified atom stereocenters. The van der Waals surface area contributed by atoms with Crippen LogP contribution in [0.3, 0.4) is 0 Å². The standard InChI is InChI=1S/C11H21N2OP/c14-11-5-6-12-10-4-2-8-13(15)7-1-3-9(10)11/h9-10,12H,1-8,15H2. The Balaban J connectivity index is 1.99. The van der Waals surface area contributed by atoms with E-state index in [1.807, 2.05) is 0 Å². The highest BCUT2D eigenvalue weighted by Gasteiger charge is 2.31. The highest BCUT2D eigenvalue weighted by Crippen LogP contribution is 2.24. The van der Waals surface area contributed by atoms with Gasteiger partial charge in [-0.15, -0.1) is 0 Å². The lowest BCUT2D eigenvalue weighted by Gasteiger charge is -2.31. The lowest BCUT2D eigenvalue weighted by atomic mass is 9.84. The second-order valence-corrected chi connectivity index (χ2v) is 5.43. The zero-order valence-electron chi connectivity index (χ0n) is 9.24. The van der Waals surface area contributed by atoms with E-state index in [1.54, 1.807) is 0 Å². The second-order valence-electron chi connectivity index (χ2n) is 4.70. The first kappa shape index (κ1) is 11.5. The van der Waals surface area contributed by atoms with Crippen LogP contribution in [-0.2, 0) is 4.79 Å². The van der Waals surface area contributed by atoms with Crippen LogP contribution in [0.4, 0.5) is 0 Å². The molecule has 2 saturated heterocycles. The molecule has 0 radical (unpaired) electrons. The van der Waals surface area contributed by atoms with Crippen LogP contribution < -0.4 is 5.32 Å². The molecule has 2 fully saturated rings. The van der Waals surface area contributed by atoms with Crippen molar-refractivity contribution in [3.05, 3.63) is 0 Å². The molecule has 15 heavy (non-hydrogen) atoms. The third kappa shape index (κ3) is 2.99. The molecule has 0 bridgehead atoms. The van der Waals surface area contributed by atoms with Gasteiger partial charge in [0, 0.05) is 38.0 Å². The molecule has 0 aromatic carbocycles. The monoisotopic (exact) mass is 228 g/mol. The topological polar surface area (TPSA) is 32.3 Å². The van der Waals surface area contributed by atoms with Crippen molar-refractivity contribution in [3.8, 4) is 0 Å². The Morgan fingerprint density at radius 1 is 1.27 bits per heavy atom. The van der Waals surface area contributed by atoms with Gasteiger partial charge in [-0.25, -0.2) is 0 Å². The van der Waals surface area contributed by atoms with Gasteiger partial charge in [0.15, 0.2) is 0 Å². The van der Waals surface area contributed by atoms with Crippen LogP contribution in [0.2, 0.25) is 0 Å². The maximum absolute atomic E-state index is 11.8. The van der Waals surface area contributed by atoms with E-state index >= 15 is 0 Å². The highest BCUT2D eigenvalue weighted by atomic mass is 31.0. The van der Waals surface area contributed by atoms with E-state index in [0.29, 0.717) is 17.7 Å². The Kier molecular flexibility index (Phi) is 4.13. The van der Waals surface area contributed by atoms with Crippen molar-refractivity contribution in [2.75, 3.05) is 19.6 Å². The summed E-state index contributed by atoms with van der Waals surface area (Å²) in [5.74, 6) is 0.797. The molecule has 1 N–H and O–H groups in total. The summed E-state index contributed by atoms with van der Waals surface area (Å²) in [6, 6.07) is 0.461. The third-order valence-corrected chi connectivity index (χ3v) is 4.11. The van der Waals surface area contributed by atoms with Crippen molar-refractivity contribution in [1.82, 2.24) is 9.99 Å². The molecule has 0 saturated carbocycles. The van der Waals surface area contributed by atoms with Crippen LogP contribution >= 0.6 is 9.39 Å². The van der Waals surface area contributed by atoms with Crippen molar-refractivity contribution >= 4 is 15.2 Å². The molecule has 4 heteroatoms. The van der Waals surface area contributed by atoms with Crippen LogP contribution in [0.25, 0.3) is 0 Å². The van der Waals surface area contributed by atoms with Crippen molar-refractivity contribution in [1.29, 1.82) is 0 Å². The summed E-state index contributed by atoms with van der Waals surface area (Å²) < 4.78 is 2.31. The van der Waals surface area contributed by atoms with Crippen LogP contribution in [0.1, 0.15) is 32.1 Å². The number of hydrogen-bond acceptors (Lipinski definition) is 3. The van der Waals surface area contributed by atoms with Crippen molar-refractivity contribution in [3.63, 3.8) is 0 Å². The minimum atomic E-state index is 0.301. The van der Waals surface area contributed by atoms with Crippen LogP contribution in [0, 0.1) is 5.92 Å². The largest absolute Gasteiger partial charge is 0.313 e. The summed E-state index contributed by atoms with van der Waals surface area (Å²) in [5, 5.41) is 3.52. The smallest absolute Gasteiger partial charge is 0.138 e. The van der Waals surface area contributed by atoms with Gasteiger partial charge in [-0.1, -0.05) is 9.39 Å². The first-order valence-corrected chi connectivity index (χ1v) is 6.55. The number of nitrogens with one attached hydrogen (secondary N) is 1. The number of fused-ring (bicyclic) bond motifs is 1. The number of Topliss-reactive ketones (excluding diaryl/α,β-unsaturated/α-hetero) is 1. The molecule has 3 atom stereocenters. The third-order valence-electron chi connectivity index (χ3n) is 3.60. The maximum Gasteiger partial charge on any atom is 0.138 e. The molecule has 0 aliphatic carbocycles. The lowest BCUT2D eigenvalue weighted by molar-refractivity contribution is -0.125. The summed E-state index contributed by atoms with van der Waals surface area (Å²) in [4.78, 5) is 11.8. The molecular formula is C11H21N2OP. The molecule has 86 valence electrons.